The van der Waals surface area contributed by atoms with Gasteiger partial charge in [0.05, 0.1) is 12.1 Å². The van der Waals surface area contributed by atoms with Crippen molar-refractivity contribution in [3.8, 4) is 0 Å². The van der Waals surface area contributed by atoms with Gasteiger partial charge in [-0.2, -0.15) is 0 Å². The Labute approximate surface area is 134 Å². The first-order valence-corrected chi connectivity index (χ1v) is 7.64. The largest absolute Gasteiger partial charge is 0.481 e. The van der Waals surface area contributed by atoms with Crippen molar-refractivity contribution in [2.75, 3.05) is 0 Å². The molecule has 1 aromatic carbocycles. The molecule has 2 heterocycles. The van der Waals surface area contributed by atoms with Gasteiger partial charge in [-0.15, -0.1) is 11.3 Å². The molecule has 0 spiro atoms. The summed E-state index contributed by atoms with van der Waals surface area (Å²) in [5.74, 6) is -1.30. The van der Waals surface area contributed by atoms with Crippen LogP contribution in [0.5, 0.6) is 0 Å². The van der Waals surface area contributed by atoms with Crippen LogP contribution in [-0.4, -0.2) is 26.8 Å². The van der Waals surface area contributed by atoms with E-state index in [0.29, 0.717) is 26.5 Å². The van der Waals surface area contributed by atoms with E-state index in [1.807, 2.05) is 6.92 Å². The third kappa shape index (κ3) is 2.63. The lowest BCUT2D eigenvalue weighted by atomic mass is 10.1. The number of hydrogen-bond acceptors (Lipinski definition) is 4. The maximum atomic E-state index is 12.6. The fourth-order valence-corrected chi connectivity index (χ4v) is 3.21. The van der Waals surface area contributed by atoms with Gasteiger partial charge in [0.15, 0.2) is 5.01 Å². The zero-order valence-corrected chi connectivity index (χ0v) is 13.1. The van der Waals surface area contributed by atoms with Crippen LogP contribution in [0.3, 0.4) is 0 Å². The summed E-state index contributed by atoms with van der Waals surface area (Å²) >= 11 is 7.23. The fraction of sp³-hybridized carbons (Fsp3) is 0.133. The molecular weight excluding hydrogens is 324 g/mol. The summed E-state index contributed by atoms with van der Waals surface area (Å²) in [6, 6.07) is 5.06. The number of carbonyl (C=O) groups is 2. The molecule has 0 radical (unpaired) electrons. The highest BCUT2D eigenvalue weighted by Crippen LogP contribution is 2.28. The van der Waals surface area contributed by atoms with Gasteiger partial charge in [0.1, 0.15) is 0 Å². The Morgan fingerprint density at radius 2 is 2.18 bits per heavy atom. The number of H-pyrrole nitrogens is 1. The SMILES string of the molecule is Cc1cnc(C(=O)c2[nH]c3cc(Cl)ccc3c2CC(=O)O)s1. The van der Waals surface area contributed by atoms with Gasteiger partial charge >= 0.3 is 5.97 Å². The normalized spacial score (nSPS) is 11.0. The lowest BCUT2D eigenvalue weighted by molar-refractivity contribution is -0.136. The molecule has 3 aromatic rings. The van der Waals surface area contributed by atoms with Crippen LogP contribution in [0.15, 0.2) is 24.4 Å². The van der Waals surface area contributed by atoms with E-state index >= 15 is 0 Å². The number of ketones is 1. The van der Waals surface area contributed by atoms with Crippen molar-refractivity contribution >= 4 is 45.6 Å². The standard InChI is InChI=1S/C15H11ClN2O3S/c1-7-6-17-15(22-7)14(21)13-10(5-12(19)20)9-3-2-8(16)4-11(9)18-13/h2-4,6,18H,5H2,1H3,(H,19,20). The lowest BCUT2D eigenvalue weighted by Gasteiger charge is -1.99. The Bertz CT molecular complexity index is 897. The first-order chi connectivity index (χ1) is 10.5. The molecule has 0 atom stereocenters. The van der Waals surface area contributed by atoms with Gasteiger partial charge in [-0.05, 0) is 19.1 Å². The van der Waals surface area contributed by atoms with Crippen LogP contribution in [-0.2, 0) is 11.2 Å². The maximum absolute atomic E-state index is 12.6. The number of carboxylic acid groups (broad SMARTS) is 1. The smallest absolute Gasteiger partial charge is 0.307 e. The van der Waals surface area contributed by atoms with Crippen molar-refractivity contribution < 1.29 is 14.7 Å². The third-order valence-electron chi connectivity index (χ3n) is 3.24. The summed E-state index contributed by atoms with van der Waals surface area (Å²) in [6.07, 6.45) is 1.38. The zero-order chi connectivity index (χ0) is 15.9. The predicted octanol–water partition coefficient (Wildman–Crippen LogP) is 3.44. The average Bonchev–Trinajstić information content (AvgIpc) is 3.02. The number of aromatic nitrogens is 2. The number of nitrogens with zero attached hydrogens (tertiary/aromatic N) is 1. The third-order valence-corrected chi connectivity index (χ3v) is 4.39. The molecule has 5 nitrogen and oxygen atoms in total. The molecule has 2 aromatic heterocycles. The fourth-order valence-electron chi connectivity index (χ4n) is 2.32. The Morgan fingerprint density at radius 3 is 2.82 bits per heavy atom. The number of aryl methyl sites for hydroxylation is 1. The van der Waals surface area contributed by atoms with Crippen LogP contribution in [0, 0.1) is 6.92 Å². The zero-order valence-electron chi connectivity index (χ0n) is 11.5. The van der Waals surface area contributed by atoms with Crippen molar-refractivity contribution in [3.05, 3.63) is 50.6 Å². The van der Waals surface area contributed by atoms with Crippen LogP contribution in [0.1, 0.15) is 25.9 Å². The second kappa shape index (κ2) is 5.55. The molecule has 22 heavy (non-hydrogen) atoms. The van der Waals surface area contributed by atoms with Crippen molar-refractivity contribution in [2.24, 2.45) is 0 Å². The summed E-state index contributed by atoms with van der Waals surface area (Å²) in [5, 5.41) is 10.6. The number of carbonyl (C=O) groups excluding carboxylic acids is 1. The molecule has 0 aliphatic carbocycles. The van der Waals surface area contributed by atoms with E-state index in [1.165, 1.54) is 11.3 Å². The number of rotatable bonds is 4. The van der Waals surface area contributed by atoms with Crippen LogP contribution in [0.2, 0.25) is 5.02 Å². The van der Waals surface area contributed by atoms with Crippen LogP contribution in [0.25, 0.3) is 10.9 Å². The molecule has 3 rings (SSSR count). The molecule has 7 heteroatoms. The second-order valence-corrected chi connectivity index (χ2v) is 6.52. The van der Waals surface area contributed by atoms with Crippen molar-refractivity contribution in [3.63, 3.8) is 0 Å². The number of aliphatic carboxylic acids is 1. The Morgan fingerprint density at radius 1 is 1.41 bits per heavy atom. The average molecular weight is 335 g/mol. The molecule has 0 unspecified atom stereocenters. The number of nitrogens with one attached hydrogen (secondary N) is 1. The minimum absolute atomic E-state index is 0.243. The topological polar surface area (TPSA) is 83.0 Å². The molecule has 0 saturated carbocycles. The van der Waals surface area contributed by atoms with E-state index in [2.05, 4.69) is 9.97 Å². The maximum Gasteiger partial charge on any atom is 0.307 e. The Balaban J connectivity index is 2.18. The summed E-state index contributed by atoms with van der Waals surface area (Å²) in [6.45, 7) is 1.86. The van der Waals surface area contributed by atoms with E-state index in [0.717, 1.165) is 4.88 Å². The van der Waals surface area contributed by atoms with Gasteiger partial charge in [0, 0.05) is 32.6 Å². The van der Waals surface area contributed by atoms with Crippen molar-refractivity contribution in [1.29, 1.82) is 0 Å². The highest BCUT2D eigenvalue weighted by Gasteiger charge is 2.22. The minimum atomic E-state index is -1.000. The highest BCUT2D eigenvalue weighted by atomic mass is 35.5. The Hall–Kier alpha value is -2.18. The first kappa shape index (κ1) is 14.7. The van der Waals surface area contributed by atoms with E-state index in [4.69, 9.17) is 16.7 Å². The predicted molar refractivity (Wildman–Crippen MR) is 84.9 cm³/mol. The molecule has 0 amide bonds. The monoisotopic (exact) mass is 334 g/mol. The number of benzene rings is 1. The number of fused-ring (bicyclic) bond motifs is 1. The summed E-state index contributed by atoms with van der Waals surface area (Å²) in [7, 11) is 0. The van der Waals surface area contributed by atoms with Gasteiger partial charge in [0.2, 0.25) is 5.78 Å². The van der Waals surface area contributed by atoms with Gasteiger partial charge in [-0.1, -0.05) is 17.7 Å². The molecule has 112 valence electrons. The van der Waals surface area contributed by atoms with Crippen molar-refractivity contribution in [1.82, 2.24) is 9.97 Å². The van der Waals surface area contributed by atoms with E-state index < -0.39 is 5.97 Å². The number of thiazole rings is 1. The Kier molecular flexibility index (Phi) is 3.72. The number of halogens is 1. The summed E-state index contributed by atoms with van der Waals surface area (Å²) in [4.78, 5) is 31.7. The summed E-state index contributed by atoms with van der Waals surface area (Å²) < 4.78 is 0. The van der Waals surface area contributed by atoms with E-state index in [1.54, 1.807) is 24.4 Å². The van der Waals surface area contributed by atoms with Crippen LogP contribution >= 0.6 is 22.9 Å². The molecule has 0 aliphatic heterocycles. The molecular formula is C15H11ClN2O3S. The molecule has 0 saturated heterocycles. The van der Waals surface area contributed by atoms with Crippen molar-refractivity contribution in [2.45, 2.75) is 13.3 Å². The second-order valence-electron chi connectivity index (χ2n) is 4.84. The molecule has 0 bridgehead atoms. The van der Waals surface area contributed by atoms with Gasteiger partial charge < -0.3 is 10.1 Å². The summed E-state index contributed by atoms with van der Waals surface area (Å²) in [5.41, 5.74) is 1.35. The lowest BCUT2D eigenvalue weighted by Crippen LogP contribution is -2.08. The molecule has 2 N–H and O–H groups in total. The van der Waals surface area contributed by atoms with Gasteiger partial charge in [-0.25, -0.2) is 4.98 Å². The van der Waals surface area contributed by atoms with Crippen LogP contribution in [0.4, 0.5) is 0 Å². The molecule has 0 aliphatic rings. The van der Waals surface area contributed by atoms with E-state index in [-0.39, 0.29) is 17.9 Å². The van der Waals surface area contributed by atoms with Gasteiger partial charge in [0.25, 0.3) is 0 Å². The first-order valence-electron chi connectivity index (χ1n) is 6.44. The highest BCUT2D eigenvalue weighted by molar-refractivity contribution is 7.13. The van der Waals surface area contributed by atoms with E-state index in [9.17, 15) is 9.59 Å². The number of hydrogen-bond donors (Lipinski definition) is 2. The quantitative estimate of drug-likeness (QED) is 0.716. The minimum Gasteiger partial charge on any atom is -0.481 e. The number of carboxylic acids is 1. The molecule has 0 fully saturated rings. The van der Waals surface area contributed by atoms with Gasteiger partial charge in [-0.3, -0.25) is 9.59 Å². The van der Waals surface area contributed by atoms with Crippen LogP contribution < -0.4 is 0 Å². The number of aromatic amines is 1.